The summed E-state index contributed by atoms with van der Waals surface area (Å²) in [5, 5.41) is 1.93. The van der Waals surface area contributed by atoms with Gasteiger partial charge in [-0.25, -0.2) is 4.79 Å². The number of carbonyl (C=O) groups is 2. The second-order valence-electron chi connectivity index (χ2n) is 12.8. The van der Waals surface area contributed by atoms with Gasteiger partial charge in [0, 0.05) is 17.6 Å². The number of ether oxygens (including phenoxy) is 2. The summed E-state index contributed by atoms with van der Waals surface area (Å²) in [5.41, 5.74) is 11.8. The van der Waals surface area contributed by atoms with Crippen molar-refractivity contribution in [2.75, 3.05) is 48.7 Å². The Balaban J connectivity index is 1.32. The lowest BCUT2D eigenvalue weighted by atomic mass is 10.0. The fourth-order valence-electron chi connectivity index (χ4n) is 6.65. The van der Waals surface area contributed by atoms with Crippen molar-refractivity contribution in [1.82, 2.24) is 5.43 Å². The van der Waals surface area contributed by atoms with Crippen LogP contribution in [-0.4, -0.2) is 50.7 Å². The number of hydrazine groups is 1. The van der Waals surface area contributed by atoms with E-state index in [2.05, 4.69) is 107 Å². The number of piperidine rings is 1. The number of anilines is 3. The van der Waals surface area contributed by atoms with Gasteiger partial charge < -0.3 is 14.4 Å². The molecule has 0 spiro atoms. The van der Waals surface area contributed by atoms with E-state index >= 15 is 0 Å². The van der Waals surface area contributed by atoms with Gasteiger partial charge in [-0.15, -0.1) is 23.5 Å². The minimum atomic E-state index is -0.509. The number of halogens is 1. The predicted molar refractivity (Wildman–Crippen MR) is 212 cm³/mol. The summed E-state index contributed by atoms with van der Waals surface area (Å²) in [7, 11) is 2.82. The maximum atomic E-state index is 13.9. The lowest BCUT2D eigenvalue weighted by Crippen LogP contribution is -2.41. The van der Waals surface area contributed by atoms with Gasteiger partial charge in [0.25, 0.3) is 0 Å². The standard InChI is InChI=1S/C40H44BrN3O4S2/c1-27-10-8-11-35(43-20-6-5-7-21-43)38(27)44(42-37(45)25-30-24-36(47-3)33(26-34(30)41)39(46)48-4)32-18-14-29(15-19-32)28-12-16-31(17-13-28)40(2)49-22-9-23-50-40/h8,10-19,24,26H,5-7,9,20-23,25H2,1-4H3,(H,42,45). The van der Waals surface area contributed by atoms with Gasteiger partial charge in [-0.05, 0) is 109 Å². The van der Waals surface area contributed by atoms with E-state index in [-0.39, 0.29) is 22.0 Å². The summed E-state index contributed by atoms with van der Waals surface area (Å²) in [6.45, 7) is 6.38. The van der Waals surface area contributed by atoms with Crippen LogP contribution in [-0.2, 0) is 20.0 Å². The third-order valence-electron chi connectivity index (χ3n) is 9.41. The molecule has 2 heterocycles. The molecule has 10 heteroatoms. The Labute approximate surface area is 312 Å². The largest absolute Gasteiger partial charge is 0.496 e. The Bertz CT molecular complexity index is 1820. The highest BCUT2D eigenvalue weighted by Crippen LogP contribution is 2.50. The number of rotatable bonds is 10. The molecule has 2 aliphatic heterocycles. The molecular formula is C40H44BrN3O4S2. The van der Waals surface area contributed by atoms with Crippen molar-refractivity contribution in [2.45, 2.75) is 50.0 Å². The molecule has 1 N–H and O–H groups in total. The molecular weight excluding hydrogens is 730 g/mol. The van der Waals surface area contributed by atoms with E-state index in [1.54, 1.807) is 12.1 Å². The molecule has 7 nitrogen and oxygen atoms in total. The molecule has 0 aromatic heterocycles. The molecule has 0 radical (unpaired) electrons. The number of nitrogens with one attached hydrogen (secondary N) is 1. The molecule has 1 amide bonds. The maximum absolute atomic E-state index is 13.9. The Kier molecular flexibility index (Phi) is 11.7. The van der Waals surface area contributed by atoms with Gasteiger partial charge in [0.1, 0.15) is 11.3 Å². The summed E-state index contributed by atoms with van der Waals surface area (Å²) >= 11 is 7.64. The molecule has 6 rings (SSSR count). The highest BCUT2D eigenvalue weighted by molar-refractivity contribution is 9.10. The van der Waals surface area contributed by atoms with Crippen molar-refractivity contribution in [3.05, 3.63) is 106 Å². The predicted octanol–water partition coefficient (Wildman–Crippen LogP) is 9.66. The molecule has 4 aromatic rings. The fourth-order valence-corrected chi connectivity index (χ4v) is 10.1. The van der Waals surface area contributed by atoms with Crippen molar-refractivity contribution in [3.63, 3.8) is 0 Å². The molecule has 0 aliphatic carbocycles. The number of hydrogen-bond acceptors (Lipinski definition) is 8. The molecule has 50 heavy (non-hydrogen) atoms. The van der Waals surface area contributed by atoms with Crippen LogP contribution in [0.5, 0.6) is 5.75 Å². The zero-order valence-corrected chi connectivity index (χ0v) is 32.3. The Hall–Kier alpha value is -3.60. The van der Waals surface area contributed by atoms with E-state index in [0.717, 1.165) is 59.7 Å². The molecule has 262 valence electrons. The van der Waals surface area contributed by atoms with Crippen LogP contribution in [0.15, 0.2) is 83.3 Å². The third kappa shape index (κ3) is 7.98. The number of esters is 1. The monoisotopic (exact) mass is 773 g/mol. The minimum absolute atomic E-state index is 0.0553. The van der Waals surface area contributed by atoms with Gasteiger partial charge in [0.2, 0.25) is 5.91 Å². The number of methoxy groups -OCH3 is 2. The van der Waals surface area contributed by atoms with Gasteiger partial charge in [-0.3, -0.25) is 15.2 Å². The van der Waals surface area contributed by atoms with E-state index in [9.17, 15) is 9.59 Å². The van der Waals surface area contributed by atoms with Crippen molar-refractivity contribution in [3.8, 4) is 16.9 Å². The quantitative estimate of drug-likeness (QED) is 0.126. The van der Waals surface area contributed by atoms with Crippen LogP contribution in [0.25, 0.3) is 11.1 Å². The number of amides is 1. The molecule has 0 saturated carbocycles. The second-order valence-corrected chi connectivity index (χ2v) is 16.9. The summed E-state index contributed by atoms with van der Waals surface area (Å²) in [6.07, 6.45) is 4.83. The summed E-state index contributed by atoms with van der Waals surface area (Å²) in [4.78, 5) is 28.7. The number of hydrogen-bond donors (Lipinski definition) is 1. The highest BCUT2D eigenvalue weighted by atomic mass is 79.9. The van der Waals surface area contributed by atoms with Crippen molar-refractivity contribution < 1.29 is 19.1 Å². The second kappa shape index (κ2) is 16.2. The van der Waals surface area contributed by atoms with Crippen LogP contribution in [0.2, 0.25) is 0 Å². The first-order valence-corrected chi connectivity index (χ1v) is 19.8. The first kappa shape index (κ1) is 36.2. The number of aryl methyl sites for hydroxylation is 1. The molecule has 2 aliphatic rings. The molecule has 4 aromatic carbocycles. The van der Waals surface area contributed by atoms with Crippen LogP contribution in [0.1, 0.15) is 59.7 Å². The number of nitrogens with zero attached hydrogens (tertiary/aromatic N) is 2. The van der Waals surface area contributed by atoms with Gasteiger partial charge in [0.05, 0.1) is 41.8 Å². The lowest BCUT2D eigenvalue weighted by molar-refractivity contribution is -0.120. The zero-order valence-electron chi connectivity index (χ0n) is 29.1. The first-order valence-electron chi connectivity index (χ1n) is 17.1. The van der Waals surface area contributed by atoms with Crippen LogP contribution >= 0.6 is 39.5 Å². The first-order chi connectivity index (χ1) is 24.2. The van der Waals surface area contributed by atoms with Gasteiger partial charge in [0.15, 0.2) is 0 Å². The Morgan fingerprint density at radius 3 is 2.20 bits per heavy atom. The summed E-state index contributed by atoms with van der Waals surface area (Å²) in [6, 6.07) is 27.1. The molecule has 0 atom stereocenters. The topological polar surface area (TPSA) is 71.1 Å². The van der Waals surface area contributed by atoms with E-state index in [1.807, 2.05) is 28.5 Å². The van der Waals surface area contributed by atoms with Crippen molar-refractivity contribution in [1.29, 1.82) is 0 Å². The summed E-state index contributed by atoms with van der Waals surface area (Å²) in [5.74, 6) is 2.03. The van der Waals surface area contributed by atoms with Crippen LogP contribution < -0.4 is 20.1 Å². The SMILES string of the molecule is COC(=O)c1cc(Br)c(CC(=O)NN(c2ccc(-c3ccc(C4(C)SCCCS4)cc3)cc2)c2c(C)cccc2N2CCCCC2)cc1OC. The number of benzene rings is 4. The number of para-hydroxylation sites is 1. The molecule has 0 bridgehead atoms. The zero-order chi connectivity index (χ0) is 35.3. The maximum Gasteiger partial charge on any atom is 0.341 e. The Morgan fingerprint density at radius 2 is 1.56 bits per heavy atom. The van der Waals surface area contributed by atoms with E-state index < -0.39 is 5.97 Å². The molecule has 2 saturated heterocycles. The number of carbonyl (C=O) groups excluding carboxylic acids is 2. The smallest absolute Gasteiger partial charge is 0.341 e. The molecule has 0 unspecified atom stereocenters. The van der Waals surface area contributed by atoms with Crippen molar-refractivity contribution >= 4 is 68.4 Å². The average Bonchev–Trinajstić information content (AvgIpc) is 3.15. The molecule has 2 fully saturated rings. The van der Waals surface area contributed by atoms with Crippen LogP contribution in [0, 0.1) is 6.92 Å². The third-order valence-corrected chi connectivity index (χ3v) is 13.4. The van der Waals surface area contributed by atoms with Crippen molar-refractivity contribution in [2.24, 2.45) is 0 Å². The van der Waals surface area contributed by atoms with E-state index in [1.165, 1.54) is 44.1 Å². The lowest BCUT2D eigenvalue weighted by Gasteiger charge is -2.35. The normalized spacial score (nSPS) is 15.7. The van der Waals surface area contributed by atoms with Gasteiger partial charge >= 0.3 is 5.97 Å². The average molecular weight is 775 g/mol. The van der Waals surface area contributed by atoms with Crippen LogP contribution in [0.3, 0.4) is 0 Å². The number of thioether (sulfide) groups is 2. The Morgan fingerprint density at radius 1 is 0.900 bits per heavy atom. The van der Waals surface area contributed by atoms with Gasteiger partial charge in [-0.2, -0.15) is 0 Å². The van der Waals surface area contributed by atoms with E-state index in [0.29, 0.717) is 15.8 Å². The van der Waals surface area contributed by atoms with Crippen LogP contribution in [0.4, 0.5) is 17.1 Å². The minimum Gasteiger partial charge on any atom is -0.496 e. The summed E-state index contributed by atoms with van der Waals surface area (Å²) < 4.78 is 11.1. The highest BCUT2D eigenvalue weighted by Gasteiger charge is 2.30. The fraction of sp³-hybridized carbons (Fsp3) is 0.350. The van der Waals surface area contributed by atoms with E-state index in [4.69, 9.17) is 9.47 Å². The van der Waals surface area contributed by atoms with Gasteiger partial charge in [-0.1, -0.05) is 64.5 Å².